The van der Waals surface area contributed by atoms with E-state index in [1.165, 1.54) is 11.1 Å². The molecule has 20 heavy (non-hydrogen) atoms. The first-order valence-corrected chi connectivity index (χ1v) is 7.96. The van der Waals surface area contributed by atoms with Gasteiger partial charge in [0.25, 0.3) is 0 Å². The molecule has 2 aliphatic rings. The standard InChI is InChI=1S/C17H26N2O/c1-13(2)19-10-7-15(8-11-19)20-17-5-3-4-14-6-9-18-12-16(14)17/h3-5,13,15,18H,6-12H2,1-2H3. The quantitative estimate of drug-likeness (QED) is 0.917. The number of rotatable bonds is 3. The SMILES string of the molecule is CC(C)N1CCC(Oc2cccc3c2CNCC3)CC1. The van der Waals surface area contributed by atoms with Gasteiger partial charge in [-0.1, -0.05) is 12.1 Å². The van der Waals surface area contributed by atoms with Crippen LogP contribution < -0.4 is 10.1 Å². The Balaban J connectivity index is 1.64. The minimum absolute atomic E-state index is 0.387. The topological polar surface area (TPSA) is 24.5 Å². The Bertz CT molecular complexity index is 450. The number of piperidine rings is 1. The predicted octanol–water partition coefficient (Wildman–Crippen LogP) is 2.58. The van der Waals surface area contributed by atoms with Gasteiger partial charge in [0.15, 0.2) is 0 Å². The first-order chi connectivity index (χ1) is 9.74. The van der Waals surface area contributed by atoms with Crippen molar-refractivity contribution in [2.75, 3.05) is 19.6 Å². The summed E-state index contributed by atoms with van der Waals surface area (Å²) in [4.78, 5) is 2.54. The fraction of sp³-hybridized carbons (Fsp3) is 0.647. The van der Waals surface area contributed by atoms with Gasteiger partial charge < -0.3 is 15.0 Å². The Labute approximate surface area is 122 Å². The minimum Gasteiger partial charge on any atom is -0.490 e. The molecular weight excluding hydrogens is 248 g/mol. The van der Waals surface area contributed by atoms with Crippen LogP contribution in [0.1, 0.15) is 37.8 Å². The summed E-state index contributed by atoms with van der Waals surface area (Å²) in [6.07, 6.45) is 3.81. The van der Waals surface area contributed by atoms with Gasteiger partial charge in [0.05, 0.1) is 0 Å². The number of ether oxygens (including phenoxy) is 1. The second kappa shape index (κ2) is 6.15. The van der Waals surface area contributed by atoms with Gasteiger partial charge in [-0.05, 0) is 51.3 Å². The van der Waals surface area contributed by atoms with Crippen LogP contribution in [0, 0.1) is 0 Å². The van der Waals surface area contributed by atoms with Crippen molar-refractivity contribution in [3.05, 3.63) is 29.3 Å². The van der Waals surface area contributed by atoms with Crippen molar-refractivity contribution in [1.29, 1.82) is 0 Å². The van der Waals surface area contributed by atoms with E-state index in [4.69, 9.17) is 4.74 Å². The summed E-state index contributed by atoms with van der Waals surface area (Å²) < 4.78 is 6.32. The highest BCUT2D eigenvalue weighted by Gasteiger charge is 2.23. The molecule has 2 heterocycles. The summed E-state index contributed by atoms with van der Waals surface area (Å²) in [5.74, 6) is 1.11. The molecule has 1 fully saturated rings. The molecule has 110 valence electrons. The Hall–Kier alpha value is -1.06. The number of benzene rings is 1. The lowest BCUT2D eigenvalue weighted by Crippen LogP contribution is -2.42. The fourth-order valence-electron chi connectivity index (χ4n) is 3.28. The van der Waals surface area contributed by atoms with Crippen molar-refractivity contribution >= 4 is 0 Å². The summed E-state index contributed by atoms with van der Waals surface area (Å²) in [6.45, 7) is 8.92. The fourth-order valence-corrected chi connectivity index (χ4v) is 3.28. The Morgan fingerprint density at radius 1 is 1.25 bits per heavy atom. The van der Waals surface area contributed by atoms with E-state index in [0.29, 0.717) is 12.1 Å². The summed E-state index contributed by atoms with van der Waals surface area (Å²) >= 11 is 0. The van der Waals surface area contributed by atoms with Crippen LogP contribution in [0.15, 0.2) is 18.2 Å². The van der Waals surface area contributed by atoms with Crippen LogP contribution in [0.3, 0.4) is 0 Å². The van der Waals surface area contributed by atoms with Crippen LogP contribution in [-0.4, -0.2) is 36.7 Å². The third-order valence-electron chi connectivity index (χ3n) is 4.60. The van der Waals surface area contributed by atoms with Gasteiger partial charge in [0.1, 0.15) is 11.9 Å². The number of hydrogen-bond acceptors (Lipinski definition) is 3. The van der Waals surface area contributed by atoms with E-state index < -0.39 is 0 Å². The zero-order valence-electron chi connectivity index (χ0n) is 12.7. The molecule has 0 radical (unpaired) electrons. The summed E-state index contributed by atoms with van der Waals surface area (Å²) in [5.41, 5.74) is 2.84. The van der Waals surface area contributed by atoms with E-state index in [1.54, 1.807) is 0 Å². The van der Waals surface area contributed by atoms with Crippen LogP contribution in [0.5, 0.6) is 5.75 Å². The molecule has 1 saturated heterocycles. The second-order valence-electron chi connectivity index (χ2n) is 6.27. The smallest absolute Gasteiger partial charge is 0.124 e. The van der Waals surface area contributed by atoms with Gasteiger partial charge in [-0.2, -0.15) is 0 Å². The van der Waals surface area contributed by atoms with Crippen molar-refractivity contribution in [2.24, 2.45) is 0 Å². The molecule has 0 saturated carbocycles. The molecule has 1 N–H and O–H groups in total. The Morgan fingerprint density at radius 3 is 2.80 bits per heavy atom. The molecule has 2 aliphatic heterocycles. The van der Waals surface area contributed by atoms with Crippen molar-refractivity contribution in [2.45, 2.75) is 51.8 Å². The summed E-state index contributed by atoms with van der Waals surface area (Å²) in [5, 5.41) is 3.45. The number of likely N-dealkylation sites (tertiary alicyclic amines) is 1. The first kappa shape index (κ1) is 13.9. The molecule has 0 atom stereocenters. The van der Waals surface area contributed by atoms with Crippen LogP contribution in [-0.2, 0) is 13.0 Å². The third-order valence-corrected chi connectivity index (χ3v) is 4.60. The summed E-state index contributed by atoms with van der Waals surface area (Å²) in [7, 11) is 0. The molecule has 0 amide bonds. The highest BCUT2D eigenvalue weighted by Crippen LogP contribution is 2.28. The second-order valence-corrected chi connectivity index (χ2v) is 6.27. The maximum Gasteiger partial charge on any atom is 0.124 e. The Kier molecular flexibility index (Phi) is 4.27. The number of nitrogens with one attached hydrogen (secondary N) is 1. The van der Waals surface area contributed by atoms with Gasteiger partial charge in [0.2, 0.25) is 0 Å². The molecule has 0 unspecified atom stereocenters. The molecule has 3 heteroatoms. The van der Waals surface area contributed by atoms with Crippen LogP contribution >= 0.6 is 0 Å². The summed E-state index contributed by atoms with van der Waals surface area (Å²) in [6, 6.07) is 7.18. The zero-order valence-corrected chi connectivity index (χ0v) is 12.7. The van der Waals surface area contributed by atoms with E-state index in [0.717, 1.165) is 51.2 Å². The van der Waals surface area contributed by atoms with Gasteiger partial charge in [-0.3, -0.25) is 0 Å². The molecule has 0 bridgehead atoms. The molecule has 1 aromatic carbocycles. The van der Waals surface area contributed by atoms with Gasteiger partial charge in [-0.15, -0.1) is 0 Å². The van der Waals surface area contributed by atoms with Gasteiger partial charge in [-0.25, -0.2) is 0 Å². The van der Waals surface area contributed by atoms with E-state index in [2.05, 4.69) is 42.3 Å². The van der Waals surface area contributed by atoms with E-state index in [1.807, 2.05) is 0 Å². The average Bonchev–Trinajstić information content (AvgIpc) is 2.48. The van der Waals surface area contributed by atoms with E-state index in [9.17, 15) is 0 Å². The maximum absolute atomic E-state index is 6.32. The molecule has 3 nitrogen and oxygen atoms in total. The molecular formula is C17H26N2O. The lowest BCUT2D eigenvalue weighted by atomic mass is 10.00. The highest BCUT2D eigenvalue weighted by molar-refractivity contribution is 5.41. The van der Waals surface area contributed by atoms with E-state index in [-0.39, 0.29) is 0 Å². The molecule has 1 aromatic rings. The lowest BCUT2D eigenvalue weighted by molar-refractivity contribution is 0.0834. The monoisotopic (exact) mass is 274 g/mol. The molecule has 0 spiro atoms. The number of hydrogen-bond donors (Lipinski definition) is 1. The molecule has 0 aliphatic carbocycles. The third kappa shape index (κ3) is 2.99. The molecule has 3 rings (SSSR count). The predicted molar refractivity (Wildman–Crippen MR) is 82.2 cm³/mol. The number of fused-ring (bicyclic) bond motifs is 1. The largest absolute Gasteiger partial charge is 0.490 e. The molecule has 0 aromatic heterocycles. The van der Waals surface area contributed by atoms with Crippen LogP contribution in [0.2, 0.25) is 0 Å². The minimum atomic E-state index is 0.387. The van der Waals surface area contributed by atoms with Crippen LogP contribution in [0.25, 0.3) is 0 Å². The van der Waals surface area contributed by atoms with Gasteiger partial charge >= 0.3 is 0 Å². The maximum atomic E-state index is 6.32. The van der Waals surface area contributed by atoms with Crippen molar-refractivity contribution in [3.63, 3.8) is 0 Å². The van der Waals surface area contributed by atoms with Crippen molar-refractivity contribution < 1.29 is 4.74 Å². The lowest BCUT2D eigenvalue weighted by Gasteiger charge is -2.35. The number of nitrogens with zero attached hydrogens (tertiary/aromatic N) is 1. The average molecular weight is 274 g/mol. The van der Waals surface area contributed by atoms with E-state index >= 15 is 0 Å². The Morgan fingerprint density at radius 2 is 2.05 bits per heavy atom. The highest BCUT2D eigenvalue weighted by atomic mass is 16.5. The zero-order chi connectivity index (χ0) is 13.9. The van der Waals surface area contributed by atoms with Crippen molar-refractivity contribution in [1.82, 2.24) is 10.2 Å². The van der Waals surface area contributed by atoms with Gasteiger partial charge in [0, 0.05) is 31.2 Å². The normalized spacial score (nSPS) is 20.9. The van der Waals surface area contributed by atoms with Crippen molar-refractivity contribution in [3.8, 4) is 5.75 Å². The van der Waals surface area contributed by atoms with Crippen LogP contribution in [0.4, 0.5) is 0 Å². The first-order valence-electron chi connectivity index (χ1n) is 7.96.